The first-order valence-corrected chi connectivity index (χ1v) is 6.96. The summed E-state index contributed by atoms with van der Waals surface area (Å²) in [5.41, 5.74) is 0.816. The molecule has 1 aromatic carbocycles. The first-order chi connectivity index (χ1) is 9.50. The maximum atomic E-state index is 12.3. The zero-order chi connectivity index (χ0) is 14.7. The molecular formula is C15H18ClN3O. The summed E-state index contributed by atoms with van der Waals surface area (Å²) in [6.07, 6.45) is 3.32. The minimum atomic E-state index is -0.124. The number of hydrogen-bond acceptors (Lipinski definition) is 3. The molecule has 1 N–H and O–H groups in total. The summed E-state index contributed by atoms with van der Waals surface area (Å²) in [4.78, 5) is 16.4. The van der Waals surface area contributed by atoms with Crippen LogP contribution >= 0.6 is 11.6 Å². The van der Waals surface area contributed by atoms with Gasteiger partial charge in [-0.2, -0.15) is 0 Å². The molecule has 0 amide bonds. The van der Waals surface area contributed by atoms with Crippen LogP contribution in [0, 0.1) is 0 Å². The Hall–Kier alpha value is -1.81. The van der Waals surface area contributed by atoms with Gasteiger partial charge in [-0.25, -0.2) is 4.98 Å². The minimum Gasteiger partial charge on any atom is -0.359 e. The molecule has 0 saturated carbocycles. The molecule has 0 spiro atoms. The van der Waals surface area contributed by atoms with Crippen LogP contribution in [0.2, 0.25) is 5.02 Å². The Balaban J connectivity index is 2.29. The van der Waals surface area contributed by atoms with Crippen molar-refractivity contribution in [3.05, 3.63) is 57.6 Å². The van der Waals surface area contributed by atoms with Crippen LogP contribution < -0.4 is 10.9 Å². The molecule has 4 nitrogen and oxygen atoms in total. The van der Waals surface area contributed by atoms with Gasteiger partial charge in [0.1, 0.15) is 0 Å². The fraction of sp³-hybridized carbons (Fsp3) is 0.333. The molecular weight excluding hydrogens is 274 g/mol. The van der Waals surface area contributed by atoms with E-state index in [1.54, 1.807) is 17.0 Å². The van der Waals surface area contributed by atoms with E-state index in [4.69, 9.17) is 11.6 Å². The predicted octanol–water partition coefficient (Wildman–Crippen LogP) is 3.65. The van der Waals surface area contributed by atoms with Crippen molar-refractivity contribution >= 4 is 17.4 Å². The third-order valence-corrected chi connectivity index (χ3v) is 3.49. The number of anilines is 1. The SMILES string of the molecule is CC(Nc1nccn(C(C)C)c1=O)c1ccccc1Cl. The van der Waals surface area contributed by atoms with Gasteiger partial charge in [-0.05, 0) is 32.4 Å². The van der Waals surface area contributed by atoms with Crippen LogP contribution in [0.5, 0.6) is 0 Å². The van der Waals surface area contributed by atoms with Crippen molar-refractivity contribution < 1.29 is 0 Å². The molecule has 0 saturated heterocycles. The normalized spacial score (nSPS) is 12.4. The first-order valence-electron chi connectivity index (χ1n) is 6.59. The van der Waals surface area contributed by atoms with E-state index in [0.29, 0.717) is 10.8 Å². The standard InChI is InChI=1S/C15H18ClN3O/c1-10(2)19-9-8-17-14(15(19)20)18-11(3)12-6-4-5-7-13(12)16/h4-11H,1-3H3,(H,17,18). The van der Waals surface area contributed by atoms with Crippen LogP contribution in [0.15, 0.2) is 41.5 Å². The molecule has 0 aliphatic carbocycles. The second kappa shape index (κ2) is 6.09. The first kappa shape index (κ1) is 14.6. The molecule has 1 aromatic heterocycles. The Morgan fingerprint density at radius 3 is 2.60 bits per heavy atom. The van der Waals surface area contributed by atoms with Gasteiger partial charge < -0.3 is 9.88 Å². The van der Waals surface area contributed by atoms with Crippen molar-refractivity contribution in [3.63, 3.8) is 0 Å². The number of aromatic nitrogens is 2. The zero-order valence-electron chi connectivity index (χ0n) is 11.8. The van der Waals surface area contributed by atoms with Crippen LogP contribution in [0.25, 0.3) is 0 Å². The molecule has 0 radical (unpaired) electrons. The molecule has 2 aromatic rings. The zero-order valence-corrected chi connectivity index (χ0v) is 12.6. The lowest BCUT2D eigenvalue weighted by molar-refractivity contribution is 0.574. The third kappa shape index (κ3) is 3.02. The summed E-state index contributed by atoms with van der Waals surface area (Å²) >= 11 is 6.16. The number of halogens is 1. The van der Waals surface area contributed by atoms with Gasteiger partial charge in [0.15, 0.2) is 5.82 Å². The molecule has 0 aliphatic rings. The second-order valence-corrected chi connectivity index (χ2v) is 5.38. The lowest BCUT2D eigenvalue weighted by Crippen LogP contribution is -2.26. The maximum absolute atomic E-state index is 12.3. The van der Waals surface area contributed by atoms with E-state index < -0.39 is 0 Å². The Labute approximate surface area is 123 Å². The van der Waals surface area contributed by atoms with E-state index in [0.717, 1.165) is 5.56 Å². The highest BCUT2D eigenvalue weighted by atomic mass is 35.5. The van der Waals surface area contributed by atoms with Crippen molar-refractivity contribution in [2.24, 2.45) is 0 Å². The van der Waals surface area contributed by atoms with Gasteiger partial charge in [-0.3, -0.25) is 4.79 Å². The smallest absolute Gasteiger partial charge is 0.293 e. The van der Waals surface area contributed by atoms with E-state index in [-0.39, 0.29) is 17.6 Å². The van der Waals surface area contributed by atoms with Crippen molar-refractivity contribution in [2.45, 2.75) is 32.9 Å². The summed E-state index contributed by atoms with van der Waals surface area (Å²) in [5, 5.41) is 3.81. The molecule has 0 aliphatic heterocycles. The number of hydrogen-bond donors (Lipinski definition) is 1. The van der Waals surface area contributed by atoms with Crippen LogP contribution in [0.1, 0.15) is 38.4 Å². The van der Waals surface area contributed by atoms with Gasteiger partial charge in [0, 0.05) is 23.5 Å². The van der Waals surface area contributed by atoms with Crippen molar-refractivity contribution in [2.75, 3.05) is 5.32 Å². The van der Waals surface area contributed by atoms with Crippen molar-refractivity contribution in [1.29, 1.82) is 0 Å². The fourth-order valence-electron chi connectivity index (χ4n) is 2.04. The average molecular weight is 292 g/mol. The van der Waals surface area contributed by atoms with Crippen LogP contribution in [-0.4, -0.2) is 9.55 Å². The number of benzene rings is 1. The van der Waals surface area contributed by atoms with Gasteiger partial charge >= 0.3 is 0 Å². The van der Waals surface area contributed by atoms with E-state index in [2.05, 4.69) is 10.3 Å². The Bertz CT molecular complexity index is 652. The summed E-state index contributed by atoms with van der Waals surface area (Å²) < 4.78 is 1.65. The van der Waals surface area contributed by atoms with E-state index in [9.17, 15) is 4.79 Å². The Kier molecular flexibility index (Phi) is 4.45. The monoisotopic (exact) mass is 291 g/mol. The van der Waals surface area contributed by atoms with Crippen LogP contribution in [0.4, 0.5) is 5.82 Å². The van der Waals surface area contributed by atoms with Crippen LogP contribution in [-0.2, 0) is 0 Å². The molecule has 0 bridgehead atoms. The lowest BCUT2D eigenvalue weighted by Gasteiger charge is -2.17. The fourth-order valence-corrected chi connectivity index (χ4v) is 2.34. The number of nitrogens with zero attached hydrogens (tertiary/aromatic N) is 2. The highest BCUT2D eigenvalue weighted by Crippen LogP contribution is 2.24. The van der Waals surface area contributed by atoms with Gasteiger partial charge in [-0.1, -0.05) is 29.8 Å². The maximum Gasteiger partial charge on any atom is 0.293 e. The summed E-state index contributed by atoms with van der Waals surface area (Å²) in [6, 6.07) is 7.58. The van der Waals surface area contributed by atoms with Crippen LogP contribution in [0.3, 0.4) is 0 Å². The molecule has 0 fully saturated rings. The number of rotatable bonds is 4. The van der Waals surface area contributed by atoms with Crippen molar-refractivity contribution in [3.8, 4) is 0 Å². The molecule has 20 heavy (non-hydrogen) atoms. The predicted molar refractivity (Wildman–Crippen MR) is 82.4 cm³/mol. The molecule has 1 atom stereocenters. The average Bonchev–Trinajstić information content (AvgIpc) is 2.41. The Morgan fingerprint density at radius 1 is 1.25 bits per heavy atom. The van der Waals surface area contributed by atoms with Gasteiger partial charge in [0.2, 0.25) is 0 Å². The Morgan fingerprint density at radius 2 is 1.95 bits per heavy atom. The van der Waals surface area contributed by atoms with Crippen molar-refractivity contribution in [1.82, 2.24) is 9.55 Å². The van der Waals surface area contributed by atoms with Gasteiger partial charge in [-0.15, -0.1) is 0 Å². The molecule has 5 heteroatoms. The topological polar surface area (TPSA) is 46.9 Å². The molecule has 106 valence electrons. The highest BCUT2D eigenvalue weighted by molar-refractivity contribution is 6.31. The number of nitrogens with one attached hydrogen (secondary N) is 1. The summed E-state index contributed by atoms with van der Waals surface area (Å²) in [5.74, 6) is 0.341. The van der Waals surface area contributed by atoms with E-state index >= 15 is 0 Å². The van der Waals surface area contributed by atoms with Gasteiger partial charge in [0.25, 0.3) is 5.56 Å². The largest absolute Gasteiger partial charge is 0.359 e. The minimum absolute atomic E-state index is 0.0908. The molecule has 2 rings (SSSR count). The van der Waals surface area contributed by atoms with Gasteiger partial charge in [0.05, 0.1) is 6.04 Å². The second-order valence-electron chi connectivity index (χ2n) is 4.97. The summed E-state index contributed by atoms with van der Waals surface area (Å²) in [6.45, 7) is 5.88. The molecule has 1 unspecified atom stereocenters. The summed E-state index contributed by atoms with van der Waals surface area (Å²) in [7, 11) is 0. The third-order valence-electron chi connectivity index (χ3n) is 3.15. The lowest BCUT2D eigenvalue weighted by atomic mass is 10.1. The quantitative estimate of drug-likeness (QED) is 0.935. The van der Waals surface area contributed by atoms with E-state index in [1.165, 1.54) is 0 Å². The molecule has 1 heterocycles. The highest BCUT2D eigenvalue weighted by Gasteiger charge is 2.13. The van der Waals surface area contributed by atoms with E-state index in [1.807, 2.05) is 45.0 Å².